The third-order valence-corrected chi connectivity index (χ3v) is 4.88. The molecule has 1 unspecified atom stereocenters. The molecule has 3 aromatic carbocycles. The second-order valence-electron chi connectivity index (χ2n) is 7.14. The van der Waals surface area contributed by atoms with E-state index in [2.05, 4.69) is 34.9 Å². The number of hydrogen-bond acceptors (Lipinski definition) is 4. The van der Waals surface area contributed by atoms with Crippen molar-refractivity contribution in [3.63, 3.8) is 0 Å². The summed E-state index contributed by atoms with van der Waals surface area (Å²) < 4.78 is 10.6. The summed E-state index contributed by atoms with van der Waals surface area (Å²) in [6, 6.07) is 24.1. The number of fused-ring (bicyclic) bond motifs is 1. The van der Waals surface area contributed by atoms with Gasteiger partial charge < -0.3 is 19.8 Å². The Labute approximate surface area is 179 Å². The maximum absolute atomic E-state index is 12.3. The van der Waals surface area contributed by atoms with Gasteiger partial charge in [-0.25, -0.2) is 0 Å². The highest BCUT2D eigenvalue weighted by Crippen LogP contribution is 2.20. The van der Waals surface area contributed by atoms with Crippen LogP contribution in [0, 0.1) is 0 Å². The molecule has 0 aliphatic heterocycles. The number of furan rings is 1. The van der Waals surface area contributed by atoms with E-state index >= 15 is 0 Å². The summed E-state index contributed by atoms with van der Waals surface area (Å²) in [6.45, 7) is 1.84. The van der Waals surface area contributed by atoms with Gasteiger partial charge in [0, 0.05) is 5.69 Å². The highest BCUT2D eigenvalue weighted by molar-refractivity contribution is 6.02. The predicted molar refractivity (Wildman–Crippen MR) is 119 cm³/mol. The van der Waals surface area contributed by atoms with Crippen molar-refractivity contribution in [1.82, 2.24) is 5.32 Å². The molecule has 0 aliphatic rings. The van der Waals surface area contributed by atoms with Crippen molar-refractivity contribution in [3.05, 3.63) is 96.4 Å². The van der Waals surface area contributed by atoms with Gasteiger partial charge in [-0.3, -0.25) is 9.59 Å². The van der Waals surface area contributed by atoms with Crippen LogP contribution in [0.25, 0.3) is 10.8 Å². The Bertz CT molecular complexity index is 1180. The molecule has 31 heavy (non-hydrogen) atoms. The zero-order valence-corrected chi connectivity index (χ0v) is 17.0. The smallest absolute Gasteiger partial charge is 0.291 e. The molecule has 1 aromatic heterocycles. The van der Waals surface area contributed by atoms with Crippen molar-refractivity contribution in [3.8, 4) is 5.75 Å². The zero-order valence-electron chi connectivity index (χ0n) is 17.0. The van der Waals surface area contributed by atoms with Gasteiger partial charge in [-0.15, -0.1) is 0 Å². The summed E-state index contributed by atoms with van der Waals surface area (Å²) in [5, 5.41) is 7.98. The highest BCUT2D eigenvalue weighted by Gasteiger charge is 2.12. The normalized spacial score (nSPS) is 11.6. The van der Waals surface area contributed by atoms with E-state index in [-0.39, 0.29) is 30.2 Å². The van der Waals surface area contributed by atoms with Crippen LogP contribution in [-0.2, 0) is 4.79 Å². The fraction of sp³-hybridized carbons (Fsp3) is 0.120. The molecular weight excluding hydrogens is 392 g/mol. The summed E-state index contributed by atoms with van der Waals surface area (Å²) >= 11 is 0. The first-order chi connectivity index (χ1) is 15.1. The Morgan fingerprint density at radius 1 is 0.935 bits per heavy atom. The van der Waals surface area contributed by atoms with Crippen LogP contribution in [0.5, 0.6) is 5.75 Å². The second-order valence-corrected chi connectivity index (χ2v) is 7.14. The average Bonchev–Trinajstić information content (AvgIpc) is 3.33. The molecular formula is C25H22N2O4. The number of carbonyl (C=O) groups excluding carboxylic acids is 2. The van der Waals surface area contributed by atoms with Gasteiger partial charge >= 0.3 is 0 Å². The van der Waals surface area contributed by atoms with Gasteiger partial charge in [-0.05, 0) is 65.7 Å². The number of benzene rings is 3. The molecule has 0 spiro atoms. The first kappa shape index (κ1) is 20.2. The van der Waals surface area contributed by atoms with Gasteiger partial charge in [0.1, 0.15) is 5.75 Å². The van der Waals surface area contributed by atoms with E-state index in [4.69, 9.17) is 9.15 Å². The molecule has 4 rings (SSSR count). The summed E-state index contributed by atoms with van der Waals surface area (Å²) in [5.74, 6) is 0.221. The van der Waals surface area contributed by atoms with E-state index in [1.54, 1.807) is 36.4 Å². The van der Waals surface area contributed by atoms with Crippen LogP contribution in [0.4, 0.5) is 5.69 Å². The average molecular weight is 414 g/mol. The highest BCUT2D eigenvalue weighted by atomic mass is 16.5. The molecule has 1 atom stereocenters. The quantitative estimate of drug-likeness (QED) is 0.449. The number of nitrogens with one attached hydrogen (secondary N) is 2. The molecule has 2 N–H and O–H groups in total. The number of ether oxygens (including phenoxy) is 1. The molecule has 0 saturated carbocycles. The summed E-state index contributed by atoms with van der Waals surface area (Å²) in [5.41, 5.74) is 1.63. The van der Waals surface area contributed by atoms with Crippen LogP contribution >= 0.6 is 0 Å². The number of hydrogen-bond donors (Lipinski definition) is 2. The number of amides is 2. The van der Waals surface area contributed by atoms with Crippen LogP contribution < -0.4 is 15.4 Å². The fourth-order valence-corrected chi connectivity index (χ4v) is 3.23. The molecule has 156 valence electrons. The van der Waals surface area contributed by atoms with Gasteiger partial charge in [0.25, 0.3) is 11.8 Å². The first-order valence-electron chi connectivity index (χ1n) is 9.94. The van der Waals surface area contributed by atoms with E-state index in [0.717, 1.165) is 16.3 Å². The minimum absolute atomic E-state index is 0.101. The second kappa shape index (κ2) is 9.17. The number of carbonyl (C=O) groups is 2. The Morgan fingerprint density at radius 3 is 2.45 bits per heavy atom. The van der Waals surface area contributed by atoms with E-state index in [1.165, 1.54) is 6.26 Å². The van der Waals surface area contributed by atoms with E-state index in [1.807, 2.05) is 25.1 Å². The topological polar surface area (TPSA) is 80.6 Å². The van der Waals surface area contributed by atoms with Gasteiger partial charge in [0.15, 0.2) is 12.4 Å². The maximum atomic E-state index is 12.3. The predicted octanol–water partition coefficient (Wildman–Crippen LogP) is 4.94. The van der Waals surface area contributed by atoms with Crippen molar-refractivity contribution in [2.45, 2.75) is 13.0 Å². The molecule has 4 aromatic rings. The lowest BCUT2D eigenvalue weighted by atomic mass is 10.0. The molecule has 0 bridgehead atoms. The Hall–Kier alpha value is -4.06. The third kappa shape index (κ3) is 5.11. The van der Waals surface area contributed by atoms with Gasteiger partial charge in [-0.2, -0.15) is 0 Å². The third-order valence-electron chi connectivity index (χ3n) is 4.88. The lowest BCUT2D eigenvalue weighted by Crippen LogP contribution is -2.31. The maximum Gasteiger partial charge on any atom is 0.291 e. The Kier molecular flexibility index (Phi) is 5.98. The lowest BCUT2D eigenvalue weighted by molar-refractivity contribution is -0.123. The molecule has 6 heteroatoms. The molecule has 6 nitrogen and oxygen atoms in total. The molecule has 1 heterocycles. The van der Waals surface area contributed by atoms with Gasteiger partial charge in [0.05, 0.1) is 12.3 Å². The monoisotopic (exact) mass is 414 g/mol. The Morgan fingerprint density at radius 2 is 1.71 bits per heavy atom. The van der Waals surface area contributed by atoms with Crippen LogP contribution in [0.1, 0.15) is 29.1 Å². The summed E-state index contributed by atoms with van der Waals surface area (Å²) in [4.78, 5) is 24.3. The van der Waals surface area contributed by atoms with Crippen LogP contribution in [0.2, 0.25) is 0 Å². The molecule has 2 amide bonds. The van der Waals surface area contributed by atoms with E-state index in [0.29, 0.717) is 11.4 Å². The largest absolute Gasteiger partial charge is 0.484 e. The first-order valence-corrected chi connectivity index (χ1v) is 9.94. The summed E-state index contributed by atoms with van der Waals surface area (Å²) in [7, 11) is 0. The molecule has 0 saturated heterocycles. The van der Waals surface area contributed by atoms with Crippen LogP contribution in [0.3, 0.4) is 0 Å². The standard InChI is InChI=1S/C25H22N2O4/c1-17(19-9-8-18-5-2-3-6-20(18)15-19)26-24(28)16-31-22-12-10-21(11-13-22)27-25(29)23-7-4-14-30-23/h2-15,17H,16H2,1H3,(H,26,28)(H,27,29). The SMILES string of the molecule is CC(NC(=O)COc1ccc(NC(=O)c2ccco2)cc1)c1ccc2ccccc2c1. The lowest BCUT2D eigenvalue weighted by Gasteiger charge is -2.15. The van der Waals surface area contributed by atoms with Gasteiger partial charge in [0.2, 0.25) is 0 Å². The van der Waals surface area contributed by atoms with Crippen molar-refractivity contribution >= 4 is 28.3 Å². The zero-order chi connectivity index (χ0) is 21.6. The van der Waals surface area contributed by atoms with Crippen molar-refractivity contribution in [2.75, 3.05) is 11.9 Å². The number of anilines is 1. The minimum Gasteiger partial charge on any atom is -0.484 e. The molecule has 0 fully saturated rings. The van der Waals surface area contributed by atoms with E-state index < -0.39 is 0 Å². The van der Waals surface area contributed by atoms with Gasteiger partial charge in [-0.1, -0.05) is 36.4 Å². The van der Waals surface area contributed by atoms with E-state index in [9.17, 15) is 9.59 Å². The van der Waals surface area contributed by atoms with Crippen LogP contribution in [-0.4, -0.2) is 18.4 Å². The van der Waals surface area contributed by atoms with Crippen LogP contribution in [0.15, 0.2) is 89.5 Å². The van der Waals surface area contributed by atoms with Crippen molar-refractivity contribution < 1.29 is 18.7 Å². The Balaban J connectivity index is 1.28. The van der Waals surface area contributed by atoms with Crippen molar-refractivity contribution in [1.29, 1.82) is 0 Å². The minimum atomic E-state index is -0.333. The number of rotatable bonds is 7. The fourth-order valence-electron chi connectivity index (χ4n) is 3.23. The molecule has 0 aliphatic carbocycles. The van der Waals surface area contributed by atoms with Crippen molar-refractivity contribution in [2.24, 2.45) is 0 Å². The molecule has 0 radical (unpaired) electrons. The summed E-state index contributed by atoms with van der Waals surface area (Å²) in [6.07, 6.45) is 1.44.